The molecule has 7 nitrogen and oxygen atoms in total. The molecule has 0 bridgehead atoms. The molecule has 1 heterocycles. The second-order valence-corrected chi connectivity index (χ2v) is 7.49. The molecule has 25 heavy (non-hydrogen) atoms. The molecule has 0 aliphatic carbocycles. The topological polar surface area (TPSA) is 89.8 Å². The number of carbonyl (C=O) groups excluding carboxylic acids is 2. The molecule has 0 unspecified atom stereocenters. The van der Waals surface area contributed by atoms with Crippen LogP contribution in [0.1, 0.15) is 20.3 Å². The third kappa shape index (κ3) is 6.04. The maximum atomic E-state index is 12.1. The molecule has 1 aliphatic rings. The summed E-state index contributed by atoms with van der Waals surface area (Å²) in [5.74, 6) is 0.335. The van der Waals surface area contributed by atoms with Gasteiger partial charge in [-0.1, -0.05) is 13.8 Å². The molecule has 1 saturated heterocycles. The van der Waals surface area contributed by atoms with Gasteiger partial charge in [0, 0.05) is 30.1 Å². The Bertz CT molecular complexity index is 624. The van der Waals surface area contributed by atoms with Gasteiger partial charge in [-0.05, 0) is 30.4 Å². The third-order valence-electron chi connectivity index (χ3n) is 3.98. The van der Waals surface area contributed by atoms with Crippen molar-refractivity contribution < 1.29 is 19.2 Å². The molecule has 1 aromatic carbocycles. The minimum atomic E-state index is -0.477. The molecule has 8 heteroatoms. The van der Waals surface area contributed by atoms with Crippen LogP contribution in [0, 0.1) is 22.0 Å². The molecule has 1 amide bonds. The number of ether oxygens (including phenoxy) is 1. The number of piperidine rings is 1. The van der Waals surface area contributed by atoms with Gasteiger partial charge < -0.3 is 9.64 Å². The zero-order valence-corrected chi connectivity index (χ0v) is 15.2. The van der Waals surface area contributed by atoms with Crippen molar-refractivity contribution in [1.29, 1.82) is 0 Å². The normalized spacial score (nSPS) is 20.2. The number of nitrogens with zero attached hydrogens (tertiary/aromatic N) is 2. The second kappa shape index (κ2) is 8.84. The van der Waals surface area contributed by atoms with Crippen molar-refractivity contribution in [2.75, 3.05) is 25.4 Å². The van der Waals surface area contributed by atoms with Gasteiger partial charge in [0.05, 0.1) is 10.7 Å². The van der Waals surface area contributed by atoms with E-state index >= 15 is 0 Å². The lowest BCUT2D eigenvalue weighted by Crippen LogP contribution is -2.44. The molecule has 1 fully saturated rings. The molecule has 0 saturated carbocycles. The minimum Gasteiger partial charge on any atom is -0.455 e. The Kier molecular flexibility index (Phi) is 6.81. The number of nitro benzene ring substituents is 1. The molecule has 1 aliphatic heterocycles. The van der Waals surface area contributed by atoms with E-state index in [0.717, 1.165) is 11.3 Å². The predicted octanol–water partition coefficient (Wildman–Crippen LogP) is 2.73. The Morgan fingerprint density at radius 1 is 1.24 bits per heavy atom. The first-order valence-electron chi connectivity index (χ1n) is 8.15. The lowest BCUT2D eigenvalue weighted by Gasteiger charge is -2.34. The molecule has 0 spiro atoms. The highest BCUT2D eigenvalue weighted by Gasteiger charge is 2.25. The van der Waals surface area contributed by atoms with E-state index in [1.165, 1.54) is 23.9 Å². The summed E-state index contributed by atoms with van der Waals surface area (Å²) >= 11 is 1.21. The van der Waals surface area contributed by atoms with Crippen LogP contribution in [0.2, 0.25) is 0 Å². The number of hydrogen-bond donors (Lipinski definition) is 0. The second-order valence-electron chi connectivity index (χ2n) is 6.45. The van der Waals surface area contributed by atoms with Crippen LogP contribution >= 0.6 is 11.8 Å². The molecular formula is C17H22N2O5S. The molecule has 0 N–H and O–H groups in total. The summed E-state index contributed by atoms with van der Waals surface area (Å²) in [6.07, 6.45) is 1.11. The summed E-state index contributed by atoms with van der Waals surface area (Å²) in [6.45, 7) is 5.40. The van der Waals surface area contributed by atoms with Gasteiger partial charge in [-0.25, -0.2) is 0 Å². The molecule has 2 rings (SSSR count). The number of esters is 1. The number of carbonyl (C=O) groups is 2. The van der Waals surface area contributed by atoms with E-state index < -0.39 is 10.9 Å². The molecule has 136 valence electrons. The van der Waals surface area contributed by atoms with Gasteiger partial charge in [0.25, 0.3) is 11.6 Å². The van der Waals surface area contributed by atoms with Gasteiger partial charge in [0.1, 0.15) is 0 Å². The fourth-order valence-corrected chi connectivity index (χ4v) is 3.64. The molecule has 0 radical (unpaired) electrons. The van der Waals surface area contributed by atoms with Crippen LogP contribution in [-0.2, 0) is 14.3 Å². The van der Waals surface area contributed by atoms with E-state index in [1.54, 1.807) is 17.0 Å². The van der Waals surface area contributed by atoms with Gasteiger partial charge in [-0.15, -0.1) is 11.8 Å². The zero-order valence-electron chi connectivity index (χ0n) is 14.3. The first-order valence-corrected chi connectivity index (χ1v) is 9.14. The molecular weight excluding hydrogens is 344 g/mol. The largest absolute Gasteiger partial charge is 0.455 e. The van der Waals surface area contributed by atoms with E-state index in [1.807, 2.05) is 0 Å². The quantitative estimate of drug-likeness (QED) is 0.333. The summed E-state index contributed by atoms with van der Waals surface area (Å²) < 4.78 is 5.05. The number of thioether (sulfide) groups is 1. The highest BCUT2D eigenvalue weighted by Crippen LogP contribution is 2.22. The monoisotopic (exact) mass is 366 g/mol. The Morgan fingerprint density at radius 2 is 1.84 bits per heavy atom. The van der Waals surface area contributed by atoms with Crippen LogP contribution in [0.5, 0.6) is 0 Å². The van der Waals surface area contributed by atoms with Crippen LogP contribution in [0.3, 0.4) is 0 Å². The van der Waals surface area contributed by atoms with Crippen molar-refractivity contribution >= 4 is 29.3 Å². The number of benzene rings is 1. The standard InChI is InChI=1S/C17H22N2O5S/c1-12-7-13(2)9-18(8-12)16(20)10-24-17(21)11-25-15-5-3-14(4-6-15)19(22)23/h3-6,12-13H,7-11H2,1-2H3/t12-,13-/m0/s1. The summed E-state index contributed by atoms with van der Waals surface area (Å²) in [7, 11) is 0. The SMILES string of the molecule is C[C@H]1C[C@H](C)CN(C(=O)COC(=O)CSc2ccc([N+](=O)[O-])cc2)C1. The van der Waals surface area contributed by atoms with Crippen LogP contribution in [0.25, 0.3) is 0 Å². The van der Waals surface area contributed by atoms with Gasteiger partial charge in [0.15, 0.2) is 6.61 Å². The van der Waals surface area contributed by atoms with Gasteiger partial charge in [-0.3, -0.25) is 19.7 Å². The van der Waals surface area contributed by atoms with Gasteiger partial charge in [0.2, 0.25) is 0 Å². The number of nitro groups is 1. The molecule has 0 aromatic heterocycles. The average molecular weight is 366 g/mol. The van der Waals surface area contributed by atoms with Gasteiger partial charge in [-0.2, -0.15) is 0 Å². The van der Waals surface area contributed by atoms with Crippen molar-refractivity contribution in [2.24, 2.45) is 11.8 Å². The number of non-ortho nitro benzene ring substituents is 1. The van der Waals surface area contributed by atoms with Gasteiger partial charge >= 0.3 is 5.97 Å². The van der Waals surface area contributed by atoms with E-state index in [0.29, 0.717) is 24.9 Å². The van der Waals surface area contributed by atoms with Crippen LogP contribution < -0.4 is 0 Å². The maximum absolute atomic E-state index is 12.1. The Balaban J connectivity index is 1.73. The lowest BCUT2D eigenvalue weighted by molar-refractivity contribution is -0.384. The summed E-state index contributed by atoms with van der Waals surface area (Å²) in [6, 6.07) is 5.93. The highest BCUT2D eigenvalue weighted by atomic mass is 32.2. The fourth-order valence-electron chi connectivity index (χ4n) is 2.95. The van der Waals surface area contributed by atoms with Crippen molar-refractivity contribution in [3.05, 3.63) is 34.4 Å². The van der Waals surface area contributed by atoms with Crippen molar-refractivity contribution in [3.8, 4) is 0 Å². The summed E-state index contributed by atoms with van der Waals surface area (Å²) in [5, 5.41) is 10.6. The third-order valence-corrected chi connectivity index (χ3v) is 4.97. The van der Waals surface area contributed by atoms with E-state index in [2.05, 4.69) is 13.8 Å². The smallest absolute Gasteiger partial charge is 0.316 e. The molecule has 2 atom stereocenters. The first kappa shape index (κ1) is 19.2. The Hall–Kier alpha value is -2.09. The Labute approximate surface area is 150 Å². The van der Waals surface area contributed by atoms with Crippen molar-refractivity contribution in [3.63, 3.8) is 0 Å². The predicted molar refractivity (Wildman–Crippen MR) is 94.3 cm³/mol. The summed E-state index contributed by atoms with van der Waals surface area (Å²) in [5.41, 5.74) is 0.00233. The average Bonchev–Trinajstić information content (AvgIpc) is 2.57. The number of rotatable bonds is 6. The fraction of sp³-hybridized carbons (Fsp3) is 0.529. The minimum absolute atomic E-state index is 0.00233. The first-order chi connectivity index (χ1) is 11.8. The lowest BCUT2D eigenvalue weighted by atomic mass is 9.92. The number of likely N-dealkylation sites (tertiary alicyclic amines) is 1. The summed E-state index contributed by atoms with van der Waals surface area (Å²) in [4.78, 5) is 36.5. The number of hydrogen-bond acceptors (Lipinski definition) is 6. The van der Waals surface area contributed by atoms with E-state index in [4.69, 9.17) is 4.74 Å². The Morgan fingerprint density at radius 3 is 2.40 bits per heavy atom. The maximum Gasteiger partial charge on any atom is 0.316 e. The van der Waals surface area contributed by atoms with Crippen LogP contribution in [-0.4, -0.2) is 47.1 Å². The van der Waals surface area contributed by atoms with Crippen molar-refractivity contribution in [2.45, 2.75) is 25.2 Å². The van der Waals surface area contributed by atoms with Crippen LogP contribution in [0.15, 0.2) is 29.2 Å². The highest BCUT2D eigenvalue weighted by molar-refractivity contribution is 8.00. The molecule has 1 aromatic rings. The van der Waals surface area contributed by atoms with Crippen LogP contribution in [0.4, 0.5) is 5.69 Å². The zero-order chi connectivity index (χ0) is 18.4. The van der Waals surface area contributed by atoms with Crippen molar-refractivity contribution in [1.82, 2.24) is 4.90 Å². The van der Waals surface area contributed by atoms with E-state index in [-0.39, 0.29) is 24.0 Å². The van der Waals surface area contributed by atoms with E-state index in [9.17, 15) is 19.7 Å². The number of amides is 1.